The maximum atomic E-state index is 12.2. The van der Waals surface area contributed by atoms with Gasteiger partial charge in [0.05, 0.1) is 38.3 Å². The number of ether oxygens (including phenoxy) is 2. The van der Waals surface area contributed by atoms with Crippen LogP contribution in [0.2, 0.25) is 0 Å². The fraction of sp³-hybridized carbons (Fsp3) is 0.429. The van der Waals surface area contributed by atoms with Gasteiger partial charge in [0.15, 0.2) is 22.3 Å². The second-order valence-corrected chi connectivity index (χ2v) is 21.0. The summed E-state index contributed by atoms with van der Waals surface area (Å²) in [5, 5.41) is 68.0. The predicted octanol–water partition coefficient (Wildman–Crippen LogP) is 4.16. The third-order valence-electron chi connectivity index (χ3n) is 12.1. The summed E-state index contributed by atoms with van der Waals surface area (Å²) < 4.78 is 13.1. The van der Waals surface area contributed by atoms with Crippen molar-refractivity contribution in [2.24, 2.45) is 11.8 Å². The van der Waals surface area contributed by atoms with Crippen LogP contribution in [-0.4, -0.2) is 143 Å². The molecule has 75 heavy (non-hydrogen) atoms. The number of fused-ring (bicyclic) bond motifs is 2. The van der Waals surface area contributed by atoms with Gasteiger partial charge in [0.2, 0.25) is 23.7 Å². The van der Waals surface area contributed by atoms with Crippen LogP contribution in [0.3, 0.4) is 0 Å². The molecule has 2 fully saturated rings. The van der Waals surface area contributed by atoms with Gasteiger partial charge in [-0.2, -0.15) is 9.97 Å². The number of amides is 2. The zero-order valence-electron chi connectivity index (χ0n) is 41.2. The molecule has 9 rings (SSSR count). The summed E-state index contributed by atoms with van der Waals surface area (Å²) in [5.74, 6) is 0.335. The molecule has 0 spiro atoms. The molecule has 0 unspecified atom stereocenters. The number of aliphatic hydroxyl groups is 5. The molecule has 0 aliphatic carbocycles. The van der Waals surface area contributed by atoms with Gasteiger partial charge in [-0.1, -0.05) is 107 Å². The van der Waals surface area contributed by atoms with E-state index >= 15 is 0 Å². The van der Waals surface area contributed by atoms with Crippen molar-refractivity contribution in [3.05, 3.63) is 116 Å². The second-order valence-electron chi connectivity index (χ2n) is 17.7. The molecular formula is C49H61ClN12O11S2. The highest BCUT2D eigenvalue weighted by Gasteiger charge is 2.45. The molecule has 7 aromatic rings. The van der Waals surface area contributed by atoms with E-state index in [1.807, 2.05) is 85.8 Å². The Hall–Kier alpha value is -6.45. The molecular weight excluding hydrogens is 1030 g/mol. The van der Waals surface area contributed by atoms with Gasteiger partial charge in [-0.05, 0) is 47.4 Å². The number of aromatic amines is 2. The first-order valence-corrected chi connectivity index (χ1v) is 25.6. The minimum Gasteiger partial charge on any atom is -0.497 e. The lowest BCUT2D eigenvalue weighted by molar-refractivity contribution is -0.119. The first-order valence-electron chi connectivity index (χ1n) is 23.3. The molecule has 9 N–H and O–H groups in total. The van der Waals surface area contributed by atoms with E-state index in [2.05, 4.69) is 51.2 Å². The van der Waals surface area contributed by atoms with Crippen molar-refractivity contribution in [1.82, 2.24) is 49.9 Å². The number of anilines is 2. The lowest BCUT2D eigenvalue weighted by atomic mass is 9.84. The van der Waals surface area contributed by atoms with Gasteiger partial charge < -0.3 is 35.0 Å². The maximum absolute atomic E-state index is 12.2. The molecule has 23 nitrogen and oxygen atoms in total. The van der Waals surface area contributed by atoms with Crippen molar-refractivity contribution in [2.45, 2.75) is 99.0 Å². The fourth-order valence-corrected chi connectivity index (χ4v) is 11.0. The first-order chi connectivity index (χ1) is 35.3. The number of thioether (sulfide) groups is 2. The largest absolute Gasteiger partial charge is 0.497 e. The summed E-state index contributed by atoms with van der Waals surface area (Å²) >= 11 is 9.68. The number of aliphatic hydroxyl groups excluding tert-OH is 5. The van der Waals surface area contributed by atoms with E-state index in [-0.39, 0.29) is 77.2 Å². The number of methoxy groups -OCH3 is 2. The average Bonchev–Trinajstić information content (AvgIpc) is 4.17. The van der Waals surface area contributed by atoms with Crippen LogP contribution < -0.4 is 31.2 Å². The van der Waals surface area contributed by atoms with Crippen molar-refractivity contribution in [3.63, 3.8) is 0 Å². The third-order valence-corrected chi connectivity index (χ3v) is 16.0. The number of aromatic nitrogens is 10. The van der Waals surface area contributed by atoms with Gasteiger partial charge in [-0.3, -0.25) is 39.8 Å². The Bertz CT molecular complexity index is 2970. The highest BCUT2D eigenvalue weighted by Crippen LogP contribution is 2.45. The van der Waals surface area contributed by atoms with Crippen LogP contribution in [0, 0.1) is 11.8 Å². The number of nitrogens with one attached hydrogen (secondary N) is 4. The molecule has 26 heteroatoms. The number of carbonyl (C=O) groups is 2. The van der Waals surface area contributed by atoms with Gasteiger partial charge in [-0.15, -0.1) is 45.3 Å². The lowest BCUT2D eigenvalue weighted by Crippen LogP contribution is -2.33. The summed E-state index contributed by atoms with van der Waals surface area (Å²) in [7, 11) is 3.31. The average molecular weight is 1090 g/mol. The number of hydrogen-bond acceptors (Lipinski definition) is 19. The van der Waals surface area contributed by atoms with Crippen molar-refractivity contribution in [2.75, 3.05) is 31.5 Å². The Labute approximate surface area is 443 Å². The number of nitrogens with zero attached hydrogens (tertiary/aromatic N) is 8. The maximum Gasteiger partial charge on any atom is 0.282 e. The number of halogens is 1. The van der Waals surface area contributed by atoms with Crippen LogP contribution in [0.4, 0.5) is 11.9 Å². The molecule has 0 saturated carbocycles. The van der Waals surface area contributed by atoms with Crippen molar-refractivity contribution >= 4 is 81.2 Å². The standard InChI is InChI=1S/C21H19ClO2.C14H20N6O4S.C13H18N6O5S.CH4/c1-23-19-12-8-17(9-13-19)21(22,16-6-4-3-5-7-16)18-10-14-20(24-2)15-11-18;1-4-6-8(21)9(22)13(25-6)20-10-7(18-19-20)12(24)17-14(15-10)16-11(23)5(2)3;1-4(2)10(23)15-13-14-9-6(11(24)16-13)17-18-19(9)12-8(22)7(21)5(3-20)25-12;/h3-15H,1-2H3;5-6,8-9,13,21-22H,4H2,1-3H3,(H2,15,16,17,23,24);4-5,7-8,12,20-22H,3H2,1-2H3,(H2,14,15,16,23,24);1H4/t;6-,8-,9-,13-;5-,7-,8-,12-;/m.11./s1. The number of alkyl halides is 1. The minimum atomic E-state index is -1.22. The van der Waals surface area contributed by atoms with Gasteiger partial charge in [-0.25, -0.2) is 9.36 Å². The lowest BCUT2D eigenvalue weighted by Gasteiger charge is -2.29. The van der Waals surface area contributed by atoms with Gasteiger partial charge in [0.25, 0.3) is 11.1 Å². The number of hydrogen-bond donors (Lipinski definition) is 9. The molecule has 6 heterocycles. The van der Waals surface area contributed by atoms with Crippen molar-refractivity contribution in [3.8, 4) is 11.5 Å². The number of H-pyrrole nitrogens is 2. The molecule has 3 aromatic carbocycles. The summed E-state index contributed by atoms with van der Waals surface area (Å²) in [6.45, 7) is 8.41. The molecule has 8 atom stereocenters. The Morgan fingerprint density at radius 1 is 0.667 bits per heavy atom. The van der Waals surface area contributed by atoms with Gasteiger partial charge in [0.1, 0.15) is 39.3 Å². The van der Waals surface area contributed by atoms with Crippen molar-refractivity contribution < 1.29 is 44.6 Å². The number of benzene rings is 3. The molecule has 402 valence electrons. The van der Waals surface area contributed by atoms with Crippen LogP contribution in [0.25, 0.3) is 22.3 Å². The predicted molar refractivity (Wildman–Crippen MR) is 286 cm³/mol. The second kappa shape index (κ2) is 24.9. The molecule has 0 bridgehead atoms. The van der Waals surface area contributed by atoms with Crippen molar-refractivity contribution in [1.29, 1.82) is 0 Å². The van der Waals surface area contributed by atoms with Gasteiger partial charge in [0, 0.05) is 17.1 Å². The van der Waals surface area contributed by atoms with Crippen LogP contribution in [-0.2, 0) is 14.5 Å². The van der Waals surface area contributed by atoms with E-state index in [1.165, 1.54) is 21.1 Å². The molecule has 4 aromatic heterocycles. The SMILES string of the molecule is C.CC(C)C(=O)Nc1nc2c(nnn2[C@@H]2S[C@H](CO)[C@@H](O)[C@H]2O)c(=O)[nH]1.CC[C@H]1S[C@@H](n2nnc3c(=O)[nH]c(NC(=O)C(C)C)nc32)[C@H](O)[C@@H]1O.COc1ccc(C(Cl)(c2ccccc2)c2ccc(OC)cc2)cc1. The van der Waals surface area contributed by atoms with Crippen LogP contribution in [0.1, 0.15) is 75.9 Å². The zero-order valence-corrected chi connectivity index (χ0v) is 43.5. The Morgan fingerprint density at radius 2 is 1.05 bits per heavy atom. The van der Waals surface area contributed by atoms with Crippen LogP contribution in [0.5, 0.6) is 11.5 Å². The molecule has 0 radical (unpaired) electrons. The van der Waals surface area contributed by atoms with E-state index in [4.69, 9.17) is 21.1 Å². The van der Waals surface area contributed by atoms with Crippen LogP contribution >= 0.6 is 35.1 Å². The van der Waals surface area contributed by atoms with E-state index in [0.29, 0.717) is 6.42 Å². The molecule has 2 aliphatic rings. The summed E-state index contributed by atoms with van der Waals surface area (Å²) in [5.41, 5.74) is 2.01. The van der Waals surface area contributed by atoms with E-state index in [0.717, 1.165) is 40.0 Å². The molecule has 2 saturated heterocycles. The first kappa shape index (κ1) is 57.8. The smallest absolute Gasteiger partial charge is 0.282 e. The monoisotopic (exact) mass is 1090 g/mol. The zero-order chi connectivity index (χ0) is 53.6. The van der Waals surface area contributed by atoms with E-state index in [1.54, 1.807) is 41.9 Å². The Balaban J connectivity index is 0.000000182. The number of rotatable bonds is 13. The number of carbonyl (C=O) groups excluding carboxylic acids is 2. The molecule has 2 amide bonds. The highest BCUT2D eigenvalue weighted by atomic mass is 35.5. The minimum absolute atomic E-state index is 0. The normalized spacial score (nSPS) is 21.2. The summed E-state index contributed by atoms with van der Waals surface area (Å²) in [6, 6.07) is 25.8. The quantitative estimate of drug-likeness (QED) is 0.0578. The van der Waals surface area contributed by atoms with E-state index in [9.17, 15) is 44.7 Å². The highest BCUT2D eigenvalue weighted by molar-refractivity contribution is 8.00. The topological polar surface area (TPSA) is 331 Å². The third kappa shape index (κ3) is 12.3. The fourth-order valence-electron chi connectivity index (χ4n) is 7.82. The van der Waals surface area contributed by atoms with Gasteiger partial charge >= 0.3 is 0 Å². The molecule has 2 aliphatic heterocycles. The van der Waals surface area contributed by atoms with Crippen LogP contribution in [0.15, 0.2) is 88.5 Å². The summed E-state index contributed by atoms with van der Waals surface area (Å²) in [6.07, 6.45) is -3.66. The Kier molecular flexibility index (Phi) is 19.2. The summed E-state index contributed by atoms with van der Waals surface area (Å²) in [4.78, 5) is 60.4. The van der Waals surface area contributed by atoms with E-state index < -0.39 is 56.4 Å². The Morgan fingerprint density at radius 3 is 1.40 bits per heavy atom.